The zero-order chi connectivity index (χ0) is 27.2. The van der Waals surface area contributed by atoms with Crippen molar-refractivity contribution in [2.75, 3.05) is 17.9 Å². The van der Waals surface area contributed by atoms with Crippen molar-refractivity contribution in [3.05, 3.63) is 94.0 Å². The van der Waals surface area contributed by atoms with E-state index in [0.717, 1.165) is 9.87 Å². The predicted molar refractivity (Wildman–Crippen MR) is 147 cm³/mol. The number of amides is 2. The van der Waals surface area contributed by atoms with Crippen LogP contribution in [0.2, 0.25) is 10.0 Å². The molecule has 0 aromatic heterocycles. The van der Waals surface area contributed by atoms with E-state index in [1.54, 1.807) is 68.4 Å². The van der Waals surface area contributed by atoms with Crippen molar-refractivity contribution in [1.82, 2.24) is 10.2 Å². The molecule has 3 aromatic carbocycles. The van der Waals surface area contributed by atoms with Gasteiger partial charge in [0.05, 0.1) is 10.6 Å². The van der Waals surface area contributed by atoms with E-state index in [1.165, 1.54) is 30.1 Å². The number of likely N-dealkylation sites (N-methyl/N-ethyl adjacent to an activating group) is 1. The number of carbonyl (C=O) groups is 2. The normalized spacial score (nSPS) is 12.0. The quantitative estimate of drug-likeness (QED) is 0.375. The molecule has 0 fully saturated rings. The van der Waals surface area contributed by atoms with Gasteiger partial charge in [-0.05, 0) is 60.9 Å². The number of rotatable bonds is 10. The summed E-state index contributed by atoms with van der Waals surface area (Å²) < 4.78 is 28.6. The van der Waals surface area contributed by atoms with E-state index in [0.29, 0.717) is 22.0 Å². The first kappa shape index (κ1) is 28.5. The van der Waals surface area contributed by atoms with Crippen molar-refractivity contribution in [2.45, 2.75) is 37.8 Å². The number of nitrogens with zero attached hydrogens (tertiary/aromatic N) is 2. The molecule has 0 saturated carbocycles. The van der Waals surface area contributed by atoms with Crippen LogP contribution in [0.5, 0.6) is 0 Å². The molecule has 0 saturated heterocycles. The number of carbonyl (C=O) groups excluding carboxylic acids is 2. The maximum absolute atomic E-state index is 13.9. The van der Waals surface area contributed by atoms with Gasteiger partial charge in [-0.2, -0.15) is 0 Å². The molecule has 3 rings (SSSR count). The molecule has 196 valence electrons. The fourth-order valence-corrected chi connectivity index (χ4v) is 5.74. The number of benzene rings is 3. The van der Waals surface area contributed by atoms with Gasteiger partial charge in [-0.25, -0.2) is 8.42 Å². The minimum atomic E-state index is -4.15. The Morgan fingerprint density at radius 1 is 0.946 bits per heavy atom. The van der Waals surface area contributed by atoms with Crippen molar-refractivity contribution in [2.24, 2.45) is 0 Å². The Morgan fingerprint density at radius 2 is 1.57 bits per heavy atom. The van der Waals surface area contributed by atoms with Gasteiger partial charge >= 0.3 is 0 Å². The standard InChI is InChI=1S/C27H29Cl2N3O4S/c1-4-24(27(34)30-3)31(17-20-11-14-21(28)15-12-20)26(33)18-32(25-16-22(29)13-10-19(25)2)37(35,36)23-8-6-5-7-9-23/h5-16,24H,4,17-18H2,1-3H3,(H,30,34)/t24-/m1/s1. The molecule has 1 atom stereocenters. The Kier molecular flexibility index (Phi) is 9.59. The van der Waals surface area contributed by atoms with E-state index in [1.807, 2.05) is 0 Å². The molecule has 0 heterocycles. The monoisotopic (exact) mass is 561 g/mol. The molecule has 10 heteroatoms. The molecule has 1 N–H and O–H groups in total. The van der Waals surface area contributed by atoms with E-state index in [4.69, 9.17) is 23.2 Å². The van der Waals surface area contributed by atoms with Gasteiger partial charge < -0.3 is 10.2 Å². The van der Waals surface area contributed by atoms with Crippen LogP contribution in [-0.4, -0.2) is 44.8 Å². The molecule has 7 nitrogen and oxygen atoms in total. The van der Waals surface area contributed by atoms with Gasteiger partial charge in [-0.15, -0.1) is 0 Å². The van der Waals surface area contributed by atoms with Crippen LogP contribution in [0, 0.1) is 6.92 Å². The SMILES string of the molecule is CC[C@H](C(=O)NC)N(Cc1ccc(Cl)cc1)C(=O)CN(c1cc(Cl)ccc1C)S(=O)(=O)c1ccccc1. The highest BCUT2D eigenvalue weighted by Crippen LogP contribution is 2.30. The lowest BCUT2D eigenvalue weighted by molar-refractivity contribution is -0.140. The Morgan fingerprint density at radius 3 is 2.16 bits per heavy atom. The summed E-state index contributed by atoms with van der Waals surface area (Å²) in [5.41, 5.74) is 1.65. The molecular weight excluding hydrogens is 533 g/mol. The second-order valence-corrected chi connectivity index (χ2v) is 11.2. The summed E-state index contributed by atoms with van der Waals surface area (Å²) in [7, 11) is -2.65. The third-order valence-corrected chi connectivity index (χ3v) is 8.21. The first-order chi connectivity index (χ1) is 17.6. The Labute approximate surface area is 228 Å². The predicted octanol–water partition coefficient (Wildman–Crippen LogP) is 5.05. The highest BCUT2D eigenvalue weighted by atomic mass is 35.5. The lowest BCUT2D eigenvalue weighted by Gasteiger charge is -2.33. The molecular formula is C27H29Cl2N3O4S. The van der Waals surface area contributed by atoms with Gasteiger partial charge in [0.1, 0.15) is 12.6 Å². The first-order valence-electron chi connectivity index (χ1n) is 11.7. The second kappa shape index (κ2) is 12.4. The number of sulfonamides is 1. The average molecular weight is 563 g/mol. The zero-order valence-electron chi connectivity index (χ0n) is 20.8. The Hall–Kier alpha value is -3.07. The largest absolute Gasteiger partial charge is 0.357 e. The summed E-state index contributed by atoms with van der Waals surface area (Å²) in [5.74, 6) is -0.884. The molecule has 0 aliphatic rings. The van der Waals surface area contributed by atoms with Crippen LogP contribution in [-0.2, 0) is 26.2 Å². The highest BCUT2D eigenvalue weighted by molar-refractivity contribution is 7.92. The number of anilines is 1. The van der Waals surface area contributed by atoms with Crippen LogP contribution in [0.25, 0.3) is 0 Å². The van der Waals surface area contributed by atoms with Crippen molar-refractivity contribution < 1.29 is 18.0 Å². The van der Waals surface area contributed by atoms with Gasteiger partial charge in [-0.1, -0.05) is 66.5 Å². The van der Waals surface area contributed by atoms with Crippen LogP contribution in [0.3, 0.4) is 0 Å². The van der Waals surface area contributed by atoms with Crippen LogP contribution < -0.4 is 9.62 Å². The second-order valence-electron chi connectivity index (χ2n) is 8.44. The van der Waals surface area contributed by atoms with Gasteiger partial charge in [-0.3, -0.25) is 13.9 Å². The maximum Gasteiger partial charge on any atom is 0.264 e. The van der Waals surface area contributed by atoms with Gasteiger partial charge in [0.15, 0.2) is 0 Å². The van der Waals surface area contributed by atoms with Gasteiger partial charge in [0.2, 0.25) is 11.8 Å². The van der Waals surface area contributed by atoms with Gasteiger partial charge in [0.25, 0.3) is 10.0 Å². The fraction of sp³-hybridized carbons (Fsp3) is 0.259. The maximum atomic E-state index is 13.9. The minimum absolute atomic E-state index is 0.0322. The third-order valence-electron chi connectivity index (χ3n) is 5.95. The molecule has 3 aromatic rings. The summed E-state index contributed by atoms with van der Waals surface area (Å²) >= 11 is 12.2. The third kappa shape index (κ3) is 6.83. The number of aryl methyl sites for hydroxylation is 1. The van der Waals surface area contributed by atoms with Crippen LogP contribution in [0.1, 0.15) is 24.5 Å². The Bertz CT molecular complexity index is 1350. The van der Waals surface area contributed by atoms with Gasteiger partial charge in [0, 0.05) is 23.6 Å². The topological polar surface area (TPSA) is 86.8 Å². The van der Waals surface area contributed by atoms with E-state index >= 15 is 0 Å². The van der Waals surface area contributed by atoms with E-state index in [-0.39, 0.29) is 23.0 Å². The Balaban J connectivity index is 2.09. The minimum Gasteiger partial charge on any atom is -0.357 e. The van der Waals surface area contributed by atoms with E-state index in [9.17, 15) is 18.0 Å². The summed E-state index contributed by atoms with van der Waals surface area (Å²) in [6, 6.07) is 18.9. The van der Waals surface area contributed by atoms with Crippen molar-refractivity contribution >= 4 is 50.7 Å². The summed E-state index contributed by atoms with van der Waals surface area (Å²) in [6.45, 7) is 3.10. The average Bonchev–Trinajstić information content (AvgIpc) is 2.89. The van der Waals surface area contributed by atoms with Crippen LogP contribution >= 0.6 is 23.2 Å². The van der Waals surface area contributed by atoms with Crippen molar-refractivity contribution in [3.8, 4) is 0 Å². The van der Waals surface area contributed by atoms with Crippen molar-refractivity contribution in [3.63, 3.8) is 0 Å². The summed E-state index contributed by atoms with van der Waals surface area (Å²) in [5, 5.41) is 3.47. The zero-order valence-corrected chi connectivity index (χ0v) is 23.1. The highest BCUT2D eigenvalue weighted by Gasteiger charge is 2.34. The van der Waals surface area contributed by atoms with E-state index < -0.39 is 28.5 Å². The molecule has 0 radical (unpaired) electrons. The lowest BCUT2D eigenvalue weighted by atomic mass is 10.1. The molecule has 37 heavy (non-hydrogen) atoms. The smallest absolute Gasteiger partial charge is 0.264 e. The van der Waals surface area contributed by atoms with Crippen molar-refractivity contribution in [1.29, 1.82) is 0 Å². The summed E-state index contributed by atoms with van der Waals surface area (Å²) in [6.07, 6.45) is 0.334. The number of hydrogen-bond acceptors (Lipinski definition) is 4. The lowest BCUT2D eigenvalue weighted by Crippen LogP contribution is -2.51. The van der Waals surface area contributed by atoms with Crippen LogP contribution in [0.15, 0.2) is 77.7 Å². The molecule has 0 bridgehead atoms. The number of nitrogens with one attached hydrogen (secondary N) is 1. The molecule has 0 spiro atoms. The number of halogens is 2. The van der Waals surface area contributed by atoms with Crippen LogP contribution in [0.4, 0.5) is 5.69 Å². The number of hydrogen-bond donors (Lipinski definition) is 1. The first-order valence-corrected chi connectivity index (χ1v) is 13.9. The fourth-order valence-electron chi connectivity index (χ4n) is 3.96. The molecule has 2 amide bonds. The van der Waals surface area contributed by atoms with E-state index in [2.05, 4.69) is 5.32 Å². The molecule has 0 aliphatic heterocycles. The molecule has 0 aliphatic carbocycles. The molecule has 0 unspecified atom stereocenters. The summed E-state index contributed by atoms with van der Waals surface area (Å²) in [4.78, 5) is 28.0.